The molecular weight excluding hydrogens is 365 g/mol. The van der Waals surface area contributed by atoms with Crippen molar-refractivity contribution in [2.24, 2.45) is 0 Å². The van der Waals surface area contributed by atoms with E-state index in [-0.39, 0.29) is 5.82 Å². The van der Waals surface area contributed by atoms with Gasteiger partial charge in [0.25, 0.3) is 0 Å². The summed E-state index contributed by atoms with van der Waals surface area (Å²) in [5.74, 6) is 1.42. The molecule has 4 aromatic rings. The Morgan fingerprint density at radius 1 is 1.12 bits per heavy atom. The summed E-state index contributed by atoms with van der Waals surface area (Å²) in [7, 11) is 0. The molecule has 6 heteroatoms. The number of hydrogen-bond donors (Lipinski definition) is 1. The van der Waals surface area contributed by atoms with E-state index in [0.717, 1.165) is 33.3 Å². The molecule has 3 aromatic heterocycles. The van der Waals surface area contributed by atoms with Gasteiger partial charge in [-0.2, -0.15) is 0 Å². The molecule has 0 aliphatic rings. The number of H-pyrrole nitrogens is 1. The van der Waals surface area contributed by atoms with Crippen LogP contribution in [0.15, 0.2) is 65.4 Å². The van der Waals surface area contributed by atoms with Gasteiger partial charge in [-0.25, -0.2) is 14.4 Å². The van der Waals surface area contributed by atoms with Crippen molar-refractivity contribution in [3.63, 3.8) is 0 Å². The molecule has 0 aliphatic heterocycles. The van der Waals surface area contributed by atoms with E-state index < -0.39 is 0 Å². The van der Waals surface area contributed by atoms with Crippen LogP contribution in [-0.4, -0.2) is 15.0 Å². The first-order valence-corrected chi connectivity index (χ1v) is 9.99. The number of halogens is 1. The molecule has 0 unspecified atom stereocenters. The average Bonchev–Trinajstić information content (AvgIpc) is 3.32. The first-order valence-electron chi connectivity index (χ1n) is 8.12. The van der Waals surface area contributed by atoms with Crippen molar-refractivity contribution in [2.45, 2.75) is 17.7 Å². The highest BCUT2D eigenvalue weighted by atomic mass is 32.2. The second-order valence-electron chi connectivity index (χ2n) is 5.83. The molecule has 4 rings (SSSR count). The molecule has 3 nitrogen and oxygen atoms in total. The van der Waals surface area contributed by atoms with Gasteiger partial charge < -0.3 is 4.98 Å². The zero-order valence-corrected chi connectivity index (χ0v) is 15.7. The van der Waals surface area contributed by atoms with E-state index in [4.69, 9.17) is 0 Å². The second-order valence-corrected chi connectivity index (χ2v) is 7.82. The maximum absolute atomic E-state index is 13.3. The van der Waals surface area contributed by atoms with Crippen molar-refractivity contribution in [1.82, 2.24) is 15.0 Å². The average molecular weight is 382 g/mol. The Morgan fingerprint density at radius 3 is 2.65 bits per heavy atom. The Hall–Kier alpha value is -2.44. The third-order valence-corrected chi connectivity index (χ3v) is 6.26. The number of imidazole rings is 1. The van der Waals surface area contributed by atoms with Gasteiger partial charge in [-0.1, -0.05) is 12.1 Å². The lowest BCUT2D eigenvalue weighted by Crippen LogP contribution is -1.92. The molecule has 0 fully saturated rings. The molecule has 0 saturated heterocycles. The van der Waals surface area contributed by atoms with Crippen LogP contribution in [0.4, 0.5) is 4.39 Å². The van der Waals surface area contributed by atoms with Crippen molar-refractivity contribution >= 4 is 23.1 Å². The lowest BCUT2D eigenvalue weighted by Gasteiger charge is -2.10. The molecule has 0 aliphatic carbocycles. The van der Waals surface area contributed by atoms with Crippen LogP contribution in [0.2, 0.25) is 0 Å². The summed E-state index contributed by atoms with van der Waals surface area (Å²) in [6, 6.07) is 10.6. The van der Waals surface area contributed by atoms with Gasteiger partial charge in [0, 0.05) is 40.3 Å². The molecule has 26 heavy (non-hydrogen) atoms. The minimum absolute atomic E-state index is 0.250. The normalized spacial score (nSPS) is 11.0. The van der Waals surface area contributed by atoms with Gasteiger partial charge in [-0.3, -0.25) is 0 Å². The topological polar surface area (TPSA) is 41.6 Å². The van der Waals surface area contributed by atoms with E-state index >= 15 is 0 Å². The smallest absolute Gasteiger partial charge is 0.138 e. The number of hydrogen-bond acceptors (Lipinski definition) is 4. The molecule has 0 radical (unpaired) electrons. The molecule has 1 N–H and O–H groups in total. The number of rotatable bonds is 5. The number of thioether (sulfide) groups is 1. The van der Waals surface area contributed by atoms with E-state index in [1.54, 1.807) is 47.6 Å². The number of thiophene rings is 1. The lowest BCUT2D eigenvalue weighted by atomic mass is 10.0. The largest absolute Gasteiger partial charge is 0.345 e. The van der Waals surface area contributed by atoms with Crippen LogP contribution in [0.1, 0.15) is 10.4 Å². The van der Waals surface area contributed by atoms with Gasteiger partial charge in [-0.15, -0.1) is 23.1 Å². The molecule has 3 heterocycles. The van der Waals surface area contributed by atoms with Crippen LogP contribution >= 0.6 is 23.1 Å². The highest BCUT2D eigenvalue weighted by Crippen LogP contribution is 2.34. The highest BCUT2D eigenvalue weighted by molar-refractivity contribution is 7.98. The van der Waals surface area contributed by atoms with Crippen molar-refractivity contribution in [3.8, 4) is 22.5 Å². The zero-order valence-electron chi connectivity index (χ0n) is 14.1. The zero-order chi connectivity index (χ0) is 17.9. The second kappa shape index (κ2) is 7.43. The molecule has 0 spiro atoms. The summed E-state index contributed by atoms with van der Waals surface area (Å²) in [5.41, 5.74) is 4.12. The Bertz CT molecular complexity index is 1010. The summed E-state index contributed by atoms with van der Waals surface area (Å²) in [6.07, 6.45) is 5.37. The minimum Gasteiger partial charge on any atom is -0.345 e. The lowest BCUT2D eigenvalue weighted by molar-refractivity contribution is 0.628. The summed E-state index contributed by atoms with van der Waals surface area (Å²) in [6.45, 7) is 2.13. The predicted molar refractivity (Wildman–Crippen MR) is 106 cm³/mol. The quantitative estimate of drug-likeness (QED) is 0.435. The number of nitrogens with zero attached hydrogens (tertiary/aromatic N) is 2. The summed E-state index contributed by atoms with van der Waals surface area (Å²) < 4.78 is 13.3. The molecule has 0 atom stereocenters. The van der Waals surface area contributed by atoms with Crippen LogP contribution < -0.4 is 0 Å². The van der Waals surface area contributed by atoms with Gasteiger partial charge in [0.15, 0.2) is 0 Å². The third-order valence-electron chi connectivity index (χ3n) is 4.11. The molecule has 130 valence electrons. The molecule has 1 aromatic carbocycles. The monoisotopic (exact) mass is 381 g/mol. The molecule has 0 saturated carbocycles. The van der Waals surface area contributed by atoms with E-state index in [2.05, 4.69) is 33.3 Å². The van der Waals surface area contributed by atoms with Crippen LogP contribution in [0, 0.1) is 12.7 Å². The van der Waals surface area contributed by atoms with Crippen molar-refractivity contribution in [1.29, 1.82) is 0 Å². The summed E-state index contributed by atoms with van der Waals surface area (Å²) in [5, 5.41) is 3.06. The predicted octanol–water partition coefficient (Wildman–Crippen LogP) is 5.94. The van der Waals surface area contributed by atoms with Crippen LogP contribution in [0.5, 0.6) is 0 Å². The van der Waals surface area contributed by atoms with E-state index in [1.807, 2.05) is 12.3 Å². The summed E-state index contributed by atoms with van der Waals surface area (Å²) in [4.78, 5) is 13.5. The Kier molecular flexibility index (Phi) is 4.86. The fourth-order valence-corrected chi connectivity index (χ4v) is 4.65. The van der Waals surface area contributed by atoms with E-state index in [1.165, 1.54) is 22.6 Å². The van der Waals surface area contributed by atoms with Crippen LogP contribution in [0.3, 0.4) is 0 Å². The number of benzene rings is 1. The Balaban J connectivity index is 1.69. The number of aromatic nitrogens is 3. The number of nitrogens with one attached hydrogen (secondary N) is 1. The number of aryl methyl sites for hydroxylation is 1. The molecular formula is C20H16FN3S2. The van der Waals surface area contributed by atoms with Gasteiger partial charge in [0.1, 0.15) is 11.6 Å². The molecule has 0 amide bonds. The van der Waals surface area contributed by atoms with Crippen molar-refractivity contribution < 1.29 is 4.39 Å². The van der Waals surface area contributed by atoms with Gasteiger partial charge in [0.2, 0.25) is 0 Å². The highest BCUT2D eigenvalue weighted by Gasteiger charge is 2.13. The van der Waals surface area contributed by atoms with Gasteiger partial charge in [-0.05, 0) is 47.7 Å². The fraction of sp³-hybridized carbons (Fsp3) is 0.100. The standard InChI is InChI=1S/C20H16FN3S2/c1-13-6-9-25-18(13)12-26-19-10-16(20-22-7-8-23-20)17(11-24-19)14-2-4-15(21)5-3-14/h2-11H,12H2,1H3,(H,22,23). The van der Waals surface area contributed by atoms with Crippen molar-refractivity contribution in [2.75, 3.05) is 0 Å². The van der Waals surface area contributed by atoms with Gasteiger partial charge >= 0.3 is 0 Å². The van der Waals surface area contributed by atoms with Gasteiger partial charge in [0.05, 0.1) is 5.03 Å². The van der Waals surface area contributed by atoms with Crippen LogP contribution in [0.25, 0.3) is 22.5 Å². The fourth-order valence-electron chi connectivity index (χ4n) is 2.67. The van der Waals surface area contributed by atoms with Crippen molar-refractivity contribution in [3.05, 3.63) is 76.6 Å². The number of pyridine rings is 1. The maximum atomic E-state index is 13.3. The van der Waals surface area contributed by atoms with Crippen LogP contribution in [-0.2, 0) is 5.75 Å². The Labute approximate surface area is 159 Å². The Morgan fingerprint density at radius 2 is 1.96 bits per heavy atom. The first kappa shape index (κ1) is 17.0. The minimum atomic E-state index is -0.250. The SMILES string of the molecule is Cc1ccsc1CSc1cc(-c2ncc[nH]2)c(-c2ccc(F)cc2)cn1. The van der Waals surface area contributed by atoms with E-state index in [9.17, 15) is 4.39 Å². The maximum Gasteiger partial charge on any atom is 0.138 e. The summed E-state index contributed by atoms with van der Waals surface area (Å²) >= 11 is 3.48. The first-order chi connectivity index (χ1) is 12.7. The third kappa shape index (κ3) is 3.57. The molecule has 0 bridgehead atoms. The van der Waals surface area contributed by atoms with E-state index in [0.29, 0.717) is 0 Å². The number of aromatic amines is 1.